The second-order valence-corrected chi connectivity index (χ2v) is 5.68. The summed E-state index contributed by atoms with van der Waals surface area (Å²) in [6.45, 7) is 4.00. The van der Waals surface area contributed by atoms with Crippen LogP contribution in [0.5, 0.6) is 0 Å². The van der Waals surface area contributed by atoms with E-state index < -0.39 is 0 Å². The predicted octanol–water partition coefficient (Wildman–Crippen LogP) is 2.48. The van der Waals surface area contributed by atoms with E-state index in [9.17, 15) is 4.79 Å². The fourth-order valence-electron chi connectivity index (χ4n) is 1.99. The number of aromatic nitrogens is 3. The Hall–Kier alpha value is -1.43. The molecule has 2 heterocycles. The van der Waals surface area contributed by atoms with E-state index in [-0.39, 0.29) is 17.8 Å². The van der Waals surface area contributed by atoms with E-state index in [1.165, 1.54) is 7.11 Å². The van der Waals surface area contributed by atoms with E-state index in [4.69, 9.17) is 4.74 Å². The van der Waals surface area contributed by atoms with Gasteiger partial charge in [-0.3, -0.25) is 9.20 Å². The Morgan fingerprint density at radius 1 is 1.47 bits per heavy atom. The van der Waals surface area contributed by atoms with Gasteiger partial charge in [-0.1, -0.05) is 29.8 Å². The Bertz CT molecular complexity index is 595. The molecule has 2 rings (SSSR count). The van der Waals surface area contributed by atoms with Gasteiger partial charge in [0.05, 0.1) is 13.0 Å². The molecule has 0 saturated heterocycles. The predicted molar refractivity (Wildman–Crippen MR) is 74.7 cm³/mol. The number of rotatable bonds is 4. The highest BCUT2D eigenvalue weighted by molar-refractivity contribution is 9.10. The first-order valence-electron chi connectivity index (χ1n) is 6.10. The van der Waals surface area contributed by atoms with Crippen molar-refractivity contribution < 1.29 is 9.53 Å². The van der Waals surface area contributed by atoms with Gasteiger partial charge in [-0.15, -0.1) is 10.2 Å². The SMILES string of the molecule is COC(=O)C(Cc1nnc2cc(Br)ccn12)C(C)C. The van der Waals surface area contributed by atoms with E-state index in [0.717, 1.165) is 15.9 Å². The molecular formula is C13H16BrN3O2. The maximum atomic E-state index is 11.8. The van der Waals surface area contributed by atoms with Crippen LogP contribution in [0.25, 0.3) is 5.65 Å². The Kier molecular flexibility index (Phi) is 4.19. The van der Waals surface area contributed by atoms with E-state index in [0.29, 0.717) is 6.42 Å². The fraction of sp³-hybridized carbons (Fsp3) is 0.462. The molecule has 2 aromatic rings. The number of nitrogens with zero attached hydrogens (tertiary/aromatic N) is 3. The lowest BCUT2D eigenvalue weighted by Gasteiger charge is -2.17. The molecule has 6 heteroatoms. The first-order chi connectivity index (χ1) is 9.02. The Labute approximate surface area is 120 Å². The Morgan fingerprint density at radius 3 is 2.84 bits per heavy atom. The number of ether oxygens (including phenoxy) is 1. The van der Waals surface area contributed by atoms with Gasteiger partial charge >= 0.3 is 5.97 Å². The molecule has 2 aromatic heterocycles. The van der Waals surface area contributed by atoms with Crippen molar-refractivity contribution in [3.8, 4) is 0 Å². The van der Waals surface area contributed by atoms with E-state index >= 15 is 0 Å². The lowest BCUT2D eigenvalue weighted by molar-refractivity contribution is -0.147. The lowest BCUT2D eigenvalue weighted by atomic mass is 9.92. The van der Waals surface area contributed by atoms with Crippen molar-refractivity contribution >= 4 is 27.5 Å². The summed E-state index contributed by atoms with van der Waals surface area (Å²) in [5.41, 5.74) is 0.761. The summed E-state index contributed by atoms with van der Waals surface area (Å²) in [5.74, 6) is 0.548. The zero-order chi connectivity index (χ0) is 14.0. The maximum absolute atomic E-state index is 11.8. The minimum absolute atomic E-state index is 0.190. The highest BCUT2D eigenvalue weighted by Crippen LogP contribution is 2.19. The number of pyridine rings is 1. The summed E-state index contributed by atoms with van der Waals surface area (Å²) < 4.78 is 7.69. The smallest absolute Gasteiger partial charge is 0.309 e. The van der Waals surface area contributed by atoms with Crippen LogP contribution in [-0.2, 0) is 16.0 Å². The minimum Gasteiger partial charge on any atom is -0.469 e. The summed E-state index contributed by atoms with van der Waals surface area (Å²) in [6.07, 6.45) is 2.41. The van der Waals surface area contributed by atoms with E-state index in [2.05, 4.69) is 26.1 Å². The standard InChI is InChI=1S/C13H16BrN3O2/c1-8(2)10(13(18)19-3)7-12-16-15-11-6-9(14)4-5-17(11)12/h4-6,8,10H,7H2,1-3H3. The van der Waals surface area contributed by atoms with Crippen molar-refractivity contribution in [3.63, 3.8) is 0 Å². The average Bonchev–Trinajstić information content (AvgIpc) is 2.76. The molecule has 0 radical (unpaired) electrons. The molecule has 19 heavy (non-hydrogen) atoms. The highest BCUT2D eigenvalue weighted by Gasteiger charge is 2.25. The number of carbonyl (C=O) groups is 1. The van der Waals surface area contributed by atoms with Crippen LogP contribution >= 0.6 is 15.9 Å². The van der Waals surface area contributed by atoms with Crippen LogP contribution in [0.3, 0.4) is 0 Å². The molecule has 1 atom stereocenters. The van der Waals surface area contributed by atoms with Crippen molar-refractivity contribution in [2.24, 2.45) is 11.8 Å². The second-order valence-electron chi connectivity index (χ2n) is 4.77. The number of esters is 1. The van der Waals surface area contributed by atoms with Gasteiger partial charge in [0.2, 0.25) is 0 Å². The fourth-order valence-corrected chi connectivity index (χ4v) is 2.32. The van der Waals surface area contributed by atoms with Crippen LogP contribution in [-0.4, -0.2) is 27.7 Å². The van der Waals surface area contributed by atoms with Gasteiger partial charge in [0.1, 0.15) is 5.82 Å². The molecule has 0 bridgehead atoms. The summed E-state index contributed by atoms with van der Waals surface area (Å²) in [5, 5.41) is 8.27. The van der Waals surface area contributed by atoms with Gasteiger partial charge in [-0.25, -0.2) is 0 Å². The molecular weight excluding hydrogens is 310 g/mol. The number of methoxy groups -OCH3 is 1. The van der Waals surface area contributed by atoms with E-state index in [1.54, 1.807) is 0 Å². The molecule has 0 aliphatic carbocycles. The topological polar surface area (TPSA) is 56.5 Å². The van der Waals surface area contributed by atoms with Crippen LogP contribution in [0.2, 0.25) is 0 Å². The van der Waals surface area contributed by atoms with Crippen molar-refractivity contribution in [2.45, 2.75) is 20.3 Å². The van der Waals surface area contributed by atoms with Gasteiger partial charge in [0.15, 0.2) is 5.65 Å². The van der Waals surface area contributed by atoms with Crippen LogP contribution in [0.15, 0.2) is 22.8 Å². The normalized spacial score (nSPS) is 12.9. The molecule has 102 valence electrons. The Balaban J connectivity index is 2.31. The monoisotopic (exact) mass is 325 g/mol. The van der Waals surface area contributed by atoms with Crippen LogP contribution < -0.4 is 0 Å². The molecule has 0 N–H and O–H groups in total. The molecule has 0 aliphatic heterocycles. The summed E-state index contributed by atoms with van der Waals surface area (Å²) in [4.78, 5) is 11.8. The third-order valence-electron chi connectivity index (χ3n) is 3.15. The first kappa shape index (κ1) is 14.0. The number of carbonyl (C=O) groups excluding carboxylic acids is 1. The van der Waals surface area contributed by atoms with Crippen molar-refractivity contribution in [1.82, 2.24) is 14.6 Å². The van der Waals surface area contributed by atoms with E-state index in [1.807, 2.05) is 36.6 Å². The first-order valence-corrected chi connectivity index (χ1v) is 6.89. The third kappa shape index (κ3) is 2.94. The zero-order valence-corrected chi connectivity index (χ0v) is 12.7. The van der Waals surface area contributed by atoms with Crippen LogP contribution in [0.1, 0.15) is 19.7 Å². The number of hydrogen-bond donors (Lipinski definition) is 0. The van der Waals surface area contributed by atoms with Crippen LogP contribution in [0.4, 0.5) is 0 Å². The molecule has 0 aliphatic rings. The van der Waals surface area contributed by atoms with Gasteiger partial charge < -0.3 is 4.74 Å². The van der Waals surface area contributed by atoms with Gasteiger partial charge in [0, 0.05) is 17.1 Å². The summed E-state index contributed by atoms with van der Waals surface area (Å²) in [7, 11) is 1.41. The maximum Gasteiger partial charge on any atom is 0.309 e. The molecule has 0 saturated carbocycles. The highest BCUT2D eigenvalue weighted by atomic mass is 79.9. The van der Waals surface area contributed by atoms with Gasteiger partial charge in [0.25, 0.3) is 0 Å². The number of hydrogen-bond acceptors (Lipinski definition) is 4. The summed E-state index contributed by atoms with van der Waals surface area (Å²) >= 11 is 3.39. The number of fused-ring (bicyclic) bond motifs is 1. The molecule has 5 nitrogen and oxygen atoms in total. The lowest BCUT2D eigenvalue weighted by Crippen LogP contribution is -2.24. The van der Waals surface area contributed by atoms with Crippen molar-refractivity contribution in [3.05, 3.63) is 28.6 Å². The Morgan fingerprint density at radius 2 is 2.21 bits per heavy atom. The third-order valence-corrected chi connectivity index (χ3v) is 3.65. The molecule has 1 unspecified atom stereocenters. The average molecular weight is 326 g/mol. The van der Waals surface area contributed by atoms with Crippen LogP contribution in [0, 0.1) is 11.8 Å². The molecule has 0 aromatic carbocycles. The van der Waals surface area contributed by atoms with Crippen molar-refractivity contribution in [2.75, 3.05) is 7.11 Å². The summed E-state index contributed by atoms with van der Waals surface area (Å²) in [6, 6.07) is 3.81. The zero-order valence-electron chi connectivity index (χ0n) is 11.1. The largest absolute Gasteiger partial charge is 0.469 e. The quantitative estimate of drug-likeness (QED) is 0.810. The molecule has 0 amide bonds. The minimum atomic E-state index is -0.207. The molecule has 0 fully saturated rings. The van der Waals surface area contributed by atoms with Gasteiger partial charge in [-0.2, -0.15) is 0 Å². The number of halogens is 1. The second kappa shape index (κ2) is 5.69. The van der Waals surface area contributed by atoms with Crippen molar-refractivity contribution in [1.29, 1.82) is 0 Å². The van der Waals surface area contributed by atoms with Gasteiger partial charge in [-0.05, 0) is 18.1 Å². The molecule has 0 spiro atoms.